The number of ether oxygens (including phenoxy) is 2. The van der Waals surface area contributed by atoms with Gasteiger partial charge in [-0.1, -0.05) is 35.3 Å². The number of unbranched alkanes of at least 4 members (excludes halogenated alkanes) is 2. The maximum Gasteiger partial charge on any atom is 0.357 e. The predicted octanol–water partition coefficient (Wildman–Crippen LogP) is 6.82. The molecule has 3 aromatic heterocycles. The van der Waals surface area contributed by atoms with E-state index in [4.69, 9.17) is 14.5 Å². The maximum absolute atomic E-state index is 14.8. The van der Waals surface area contributed by atoms with Crippen LogP contribution in [0.3, 0.4) is 0 Å². The average molecular weight is 790 g/mol. The van der Waals surface area contributed by atoms with Crippen molar-refractivity contribution in [3.63, 3.8) is 0 Å². The third-order valence-corrected chi connectivity index (χ3v) is 10.9. The van der Waals surface area contributed by atoms with Gasteiger partial charge in [-0.2, -0.15) is 0 Å². The predicted molar refractivity (Wildman–Crippen MR) is 219 cm³/mol. The van der Waals surface area contributed by atoms with E-state index in [1.807, 2.05) is 61.2 Å². The zero-order valence-corrected chi connectivity index (χ0v) is 34.0. The molecule has 292 valence electrons. The number of thiazole rings is 2. The topological polar surface area (TPSA) is 126 Å². The van der Waals surface area contributed by atoms with Gasteiger partial charge in [-0.05, 0) is 95.1 Å². The molecule has 0 aliphatic rings. The monoisotopic (exact) mass is 789 g/mol. The van der Waals surface area contributed by atoms with Crippen LogP contribution in [-0.2, 0) is 11.2 Å². The second-order valence-electron chi connectivity index (χ2n) is 14.1. The van der Waals surface area contributed by atoms with Crippen molar-refractivity contribution in [1.82, 2.24) is 25.1 Å². The SMILES string of the molecule is COC(=O)c1nc(N(CCCCC[N+](C)(C)CCO)c2cc(C)c(Nc3nc4ccccc4s3)nn2)sc1CCCOc1ccc(C#CCN(C)C)cc1F. The molecule has 2 N–H and O–H groups in total. The smallest absolute Gasteiger partial charge is 0.357 e. The van der Waals surface area contributed by atoms with Crippen LogP contribution in [0.15, 0.2) is 48.5 Å². The summed E-state index contributed by atoms with van der Waals surface area (Å²) in [6.45, 7) is 5.18. The molecule has 12 nitrogen and oxygen atoms in total. The summed E-state index contributed by atoms with van der Waals surface area (Å²) in [6, 6.07) is 14.6. The summed E-state index contributed by atoms with van der Waals surface area (Å²) in [4.78, 5) is 27.1. The van der Waals surface area contributed by atoms with E-state index in [2.05, 4.69) is 46.4 Å². The van der Waals surface area contributed by atoms with E-state index in [0.29, 0.717) is 54.8 Å². The molecule has 0 fully saturated rings. The number of aromatic nitrogens is 4. The minimum Gasteiger partial charge on any atom is -0.491 e. The van der Waals surface area contributed by atoms with E-state index in [1.54, 1.807) is 23.5 Å². The standard InChI is InChI=1S/C40H50FN8O4S2/c1-28-26-35(45-46-37(28)44-39-42-31-15-8-9-16-33(31)54-39)48(21-10-7-11-22-49(4,5)23-24-50)40-43-36(38(51)52-6)34(55-40)17-13-25-53-32-19-18-29(27-30(32)41)14-12-20-47(2)3/h8-9,15-16,18-19,26-27,50H,7,10-11,13,17,20-25H2,1-6H3,(H,42,44,46)/q+1. The number of nitrogens with zero attached hydrogens (tertiary/aromatic N) is 7. The van der Waals surface area contributed by atoms with Crippen LogP contribution in [0.2, 0.25) is 0 Å². The summed E-state index contributed by atoms with van der Waals surface area (Å²) in [5.74, 6) is 6.32. The number of carbonyl (C=O) groups is 1. The van der Waals surface area contributed by atoms with Gasteiger partial charge in [-0.3, -0.25) is 4.90 Å². The lowest BCUT2D eigenvalue weighted by atomic mass is 10.2. The molecule has 15 heteroatoms. The first-order valence-electron chi connectivity index (χ1n) is 18.3. The van der Waals surface area contributed by atoms with Crippen molar-refractivity contribution >= 4 is 60.8 Å². The zero-order valence-electron chi connectivity index (χ0n) is 32.4. The van der Waals surface area contributed by atoms with Crippen LogP contribution in [0.1, 0.15) is 52.2 Å². The van der Waals surface area contributed by atoms with Crippen LogP contribution in [0.4, 0.5) is 26.3 Å². The Morgan fingerprint density at radius 3 is 2.56 bits per heavy atom. The van der Waals surface area contributed by atoms with Crippen LogP contribution in [-0.4, -0.2) is 115 Å². The number of rotatable bonds is 19. The number of quaternary nitrogens is 1. The van der Waals surface area contributed by atoms with Gasteiger partial charge in [0.15, 0.2) is 39.2 Å². The maximum atomic E-state index is 14.8. The normalized spacial score (nSPS) is 11.4. The summed E-state index contributed by atoms with van der Waals surface area (Å²) in [7, 11) is 9.43. The van der Waals surface area contributed by atoms with Gasteiger partial charge < -0.3 is 29.3 Å². The molecule has 0 atom stereocenters. The Kier molecular flexibility index (Phi) is 14.9. The third-order valence-electron chi connectivity index (χ3n) is 8.78. The van der Waals surface area contributed by atoms with Crippen molar-refractivity contribution in [2.75, 3.05) is 84.9 Å². The number of aliphatic hydroxyl groups excluding tert-OH is 1. The largest absolute Gasteiger partial charge is 0.491 e. The molecule has 55 heavy (non-hydrogen) atoms. The Labute approximate surface area is 330 Å². The number of anilines is 4. The van der Waals surface area contributed by atoms with Gasteiger partial charge in [0.05, 0.1) is 57.7 Å². The van der Waals surface area contributed by atoms with Gasteiger partial charge in [-0.15, -0.1) is 21.5 Å². The van der Waals surface area contributed by atoms with Crippen LogP contribution in [0, 0.1) is 24.6 Å². The molecule has 2 aromatic carbocycles. The number of esters is 1. The minimum absolute atomic E-state index is 0.149. The molecule has 0 spiro atoms. The summed E-state index contributed by atoms with van der Waals surface area (Å²) in [6.07, 6.45) is 3.77. The number of methoxy groups -OCH3 is 1. The van der Waals surface area contributed by atoms with Crippen molar-refractivity contribution in [2.24, 2.45) is 0 Å². The Bertz CT molecular complexity index is 2080. The number of aryl methyl sites for hydroxylation is 2. The van der Waals surface area contributed by atoms with E-state index in [0.717, 1.165) is 56.1 Å². The highest BCUT2D eigenvalue weighted by atomic mass is 32.1. The molecule has 5 aromatic rings. The van der Waals surface area contributed by atoms with Crippen molar-refractivity contribution in [3.05, 3.63) is 76.0 Å². The van der Waals surface area contributed by atoms with Crippen LogP contribution in [0.5, 0.6) is 5.75 Å². The first-order chi connectivity index (χ1) is 26.5. The molecule has 0 bridgehead atoms. The highest BCUT2D eigenvalue weighted by molar-refractivity contribution is 7.22. The van der Waals surface area contributed by atoms with E-state index in [9.17, 15) is 14.3 Å². The number of hydrogen-bond donors (Lipinski definition) is 2. The lowest BCUT2D eigenvalue weighted by Crippen LogP contribution is -2.42. The Hall–Kier alpha value is -4.72. The van der Waals surface area contributed by atoms with E-state index in [1.165, 1.54) is 24.5 Å². The van der Waals surface area contributed by atoms with E-state index < -0.39 is 11.8 Å². The summed E-state index contributed by atoms with van der Waals surface area (Å²) in [5, 5.41) is 23.3. The average Bonchev–Trinajstić information content (AvgIpc) is 3.76. The summed E-state index contributed by atoms with van der Waals surface area (Å²) in [5.41, 5.74) is 2.61. The number of nitrogens with one attached hydrogen (secondary N) is 1. The lowest BCUT2D eigenvalue weighted by molar-refractivity contribution is -0.890. The second-order valence-corrected chi connectivity index (χ2v) is 16.2. The van der Waals surface area contributed by atoms with Crippen LogP contribution in [0.25, 0.3) is 10.2 Å². The number of aliphatic hydroxyl groups is 1. The molecule has 3 heterocycles. The first-order valence-corrected chi connectivity index (χ1v) is 19.9. The van der Waals surface area contributed by atoms with Gasteiger partial charge in [0.1, 0.15) is 6.54 Å². The molecular weight excluding hydrogens is 740 g/mol. The molecule has 0 saturated heterocycles. The minimum atomic E-state index is -0.531. The molecule has 5 rings (SSSR count). The van der Waals surface area contributed by atoms with E-state index >= 15 is 0 Å². The van der Waals surface area contributed by atoms with Crippen LogP contribution < -0.4 is 15.0 Å². The first kappa shape index (κ1) is 41.4. The van der Waals surface area contributed by atoms with Gasteiger partial charge >= 0.3 is 5.97 Å². The van der Waals surface area contributed by atoms with Crippen LogP contribution >= 0.6 is 22.7 Å². The third kappa shape index (κ3) is 11.9. The highest BCUT2D eigenvalue weighted by Crippen LogP contribution is 2.34. The van der Waals surface area contributed by atoms with Gasteiger partial charge in [0.25, 0.3) is 0 Å². The molecule has 0 amide bonds. The quantitative estimate of drug-likeness (QED) is 0.0396. The summed E-state index contributed by atoms with van der Waals surface area (Å²) < 4.78 is 27.5. The second kappa shape index (κ2) is 19.7. The number of benzene rings is 2. The van der Waals surface area contributed by atoms with Gasteiger partial charge in [0.2, 0.25) is 0 Å². The number of carbonyl (C=O) groups excluding carboxylic acids is 1. The van der Waals surface area contributed by atoms with Gasteiger partial charge in [0, 0.05) is 17.0 Å². The molecule has 0 aliphatic carbocycles. The Balaban J connectivity index is 1.32. The number of para-hydroxylation sites is 1. The zero-order chi connectivity index (χ0) is 39.4. The molecular formula is C40H50FN8O4S2+. The molecule has 0 aliphatic heterocycles. The highest BCUT2D eigenvalue weighted by Gasteiger charge is 2.24. The van der Waals surface area contributed by atoms with Crippen molar-refractivity contribution in [2.45, 2.75) is 39.0 Å². The van der Waals surface area contributed by atoms with Crippen molar-refractivity contribution < 1.29 is 28.2 Å². The Morgan fingerprint density at radius 2 is 1.84 bits per heavy atom. The number of likely N-dealkylation sites (N-methyl/N-ethyl adjacent to an activating group) is 1. The number of fused-ring (bicyclic) bond motifs is 1. The number of hydrogen-bond acceptors (Lipinski definition) is 13. The fraction of sp³-hybridized carbons (Fsp3) is 0.425. The molecule has 0 saturated carbocycles. The van der Waals surface area contributed by atoms with Crippen molar-refractivity contribution in [1.29, 1.82) is 0 Å². The van der Waals surface area contributed by atoms with Crippen molar-refractivity contribution in [3.8, 4) is 17.6 Å². The van der Waals surface area contributed by atoms with E-state index in [-0.39, 0.29) is 24.7 Å². The Morgan fingerprint density at radius 1 is 1.02 bits per heavy atom. The summed E-state index contributed by atoms with van der Waals surface area (Å²) >= 11 is 2.95. The molecule has 0 unspecified atom stereocenters. The lowest BCUT2D eigenvalue weighted by Gasteiger charge is -2.29. The number of halogens is 1. The molecule has 0 radical (unpaired) electrons. The fourth-order valence-electron chi connectivity index (χ4n) is 5.72. The fourth-order valence-corrected chi connectivity index (χ4v) is 7.71. The van der Waals surface area contributed by atoms with Gasteiger partial charge in [-0.25, -0.2) is 19.2 Å².